The van der Waals surface area contributed by atoms with Crippen molar-refractivity contribution in [2.75, 3.05) is 19.6 Å². The summed E-state index contributed by atoms with van der Waals surface area (Å²) in [6, 6.07) is 8.54. The summed E-state index contributed by atoms with van der Waals surface area (Å²) < 4.78 is 5.42. The minimum absolute atomic E-state index is 0.279. The van der Waals surface area contributed by atoms with Gasteiger partial charge in [0.15, 0.2) is 0 Å². The van der Waals surface area contributed by atoms with Gasteiger partial charge in [-0.25, -0.2) is 4.79 Å². The molecule has 0 saturated heterocycles. The molecule has 1 amide bonds. The maximum Gasteiger partial charge on any atom is 0.410 e. The number of amides is 1. The highest BCUT2D eigenvalue weighted by molar-refractivity contribution is 5.87. The van der Waals surface area contributed by atoms with Crippen LogP contribution < -0.4 is 5.32 Å². The van der Waals surface area contributed by atoms with Gasteiger partial charge in [-0.05, 0) is 38.3 Å². The first-order chi connectivity index (χ1) is 10.9. The third-order valence-corrected chi connectivity index (χ3v) is 3.59. The number of aryl methyl sites for hydroxylation is 1. The van der Waals surface area contributed by atoms with Crippen LogP contribution in [0.1, 0.15) is 38.8 Å². The van der Waals surface area contributed by atoms with Crippen molar-refractivity contribution < 1.29 is 9.53 Å². The Hall–Kier alpha value is -2.04. The van der Waals surface area contributed by atoms with E-state index in [1.807, 2.05) is 20.8 Å². The van der Waals surface area contributed by atoms with E-state index in [-0.39, 0.29) is 6.09 Å². The summed E-state index contributed by atoms with van der Waals surface area (Å²) in [4.78, 5) is 18.3. The highest BCUT2D eigenvalue weighted by Gasteiger charge is 2.24. The molecular formula is C18H27N3O2. The van der Waals surface area contributed by atoms with E-state index in [1.165, 1.54) is 11.1 Å². The van der Waals surface area contributed by atoms with Crippen LogP contribution in [0.3, 0.4) is 0 Å². The van der Waals surface area contributed by atoms with Gasteiger partial charge in [-0.2, -0.15) is 0 Å². The number of carbonyl (C=O) groups excluding carboxylic acids is 1. The molecule has 1 N–H and O–H groups in total. The van der Waals surface area contributed by atoms with E-state index in [0.29, 0.717) is 26.2 Å². The Kier molecular flexibility index (Phi) is 5.64. The predicted octanol–water partition coefficient (Wildman–Crippen LogP) is 2.99. The maximum atomic E-state index is 12.1. The molecule has 0 bridgehead atoms. The van der Waals surface area contributed by atoms with Crippen molar-refractivity contribution in [1.29, 1.82) is 0 Å². The normalized spacial score (nSPS) is 15.1. The Bertz CT molecular complexity index is 559. The number of ether oxygens (including phenoxy) is 1. The van der Waals surface area contributed by atoms with Gasteiger partial charge in [0.1, 0.15) is 11.4 Å². The molecular weight excluding hydrogens is 290 g/mol. The molecule has 0 saturated carbocycles. The lowest BCUT2D eigenvalue weighted by molar-refractivity contribution is 0.0276. The number of hydrogen-bond donors (Lipinski definition) is 1. The van der Waals surface area contributed by atoms with Crippen molar-refractivity contribution in [3.8, 4) is 0 Å². The molecule has 1 aliphatic heterocycles. The minimum atomic E-state index is -0.472. The number of rotatable bonds is 3. The van der Waals surface area contributed by atoms with E-state index in [2.05, 4.69) is 41.5 Å². The zero-order chi connectivity index (χ0) is 16.9. The van der Waals surface area contributed by atoms with E-state index in [0.717, 1.165) is 12.3 Å². The van der Waals surface area contributed by atoms with E-state index < -0.39 is 5.60 Å². The molecule has 2 rings (SSSR count). The van der Waals surface area contributed by atoms with Gasteiger partial charge in [0, 0.05) is 13.1 Å². The van der Waals surface area contributed by atoms with Gasteiger partial charge in [-0.3, -0.25) is 9.89 Å². The topological polar surface area (TPSA) is 53.9 Å². The van der Waals surface area contributed by atoms with Crippen molar-refractivity contribution in [1.82, 2.24) is 10.2 Å². The largest absolute Gasteiger partial charge is 0.444 e. The fourth-order valence-electron chi connectivity index (χ4n) is 2.31. The molecule has 1 heterocycles. The molecule has 23 heavy (non-hydrogen) atoms. The number of hydrogen-bond acceptors (Lipinski definition) is 4. The van der Waals surface area contributed by atoms with Crippen LogP contribution in [0.15, 0.2) is 29.3 Å². The van der Waals surface area contributed by atoms with Gasteiger partial charge >= 0.3 is 6.09 Å². The molecule has 5 heteroatoms. The third kappa shape index (κ3) is 5.58. The molecule has 5 nitrogen and oxygen atoms in total. The van der Waals surface area contributed by atoms with Crippen molar-refractivity contribution >= 4 is 11.9 Å². The lowest BCUT2D eigenvalue weighted by Gasteiger charge is -2.30. The van der Waals surface area contributed by atoms with Crippen molar-refractivity contribution in [2.24, 2.45) is 4.99 Å². The molecule has 126 valence electrons. The molecule has 1 aliphatic rings. The lowest BCUT2D eigenvalue weighted by Crippen LogP contribution is -2.47. The fourth-order valence-corrected chi connectivity index (χ4v) is 2.31. The second-order valence-corrected chi connectivity index (χ2v) is 6.75. The number of carbonyl (C=O) groups is 1. The van der Waals surface area contributed by atoms with Crippen LogP contribution in [0.2, 0.25) is 0 Å². The number of benzene rings is 1. The summed E-state index contributed by atoms with van der Waals surface area (Å²) in [7, 11) is 0. The summed E-state index contributed by atoms with van der Waals surface area (Å²) >= 11 is 0. The Morgan fingerprint density at radius 2 is 1.91 bits per heavy atom. The van der Waals surface area contributed by atoms with Gasteiger partial charge in [0.25, 0.3) is 0 Å². The summed E-state index contributed by atoms with van der Waals surface area (Å²) in [5.74, 6) is 0.835. The quantitative estimate of drug-likeness (QED) is 0.932. The van der Waals surface area contributed by atoms with E-state index in [1.54, 1.807) is 4.90 Å². The highest BCUT2D eigenvalue weighted by Crippen LogP contribution is 2.11. The van der Waals surface area contributed by atoms with Crippen LogP contribution >= 0.6 is 0 Å². The Balaban J connectivity index is 1.86. The van der Waals surface area contributed by atoms with Gasteiger partial charge in [-0.15, -0.1) is 0 Å². The van der Waals surface area contributed by atoms with Crippen LogP contribution in [0.5, 0.6) is 0 Å². The average Bonchev–Trinajstić information content (AvgIpc) is 2.52. The van der Waals surface area contributed by atoms with Gasteiger partial charge < -0.3 is 10.1 Å². The van der Waals surface area contributed by atoms with Gasteiger partial charge in [0.05, 0.1) is 13.1 Å². The second kappa shape index (κ2) is 7.49. The summed E-state index contributed by atoms with van der Waals surface area (Å²) in [5.41, 5.74) is 2.07. The van der Waals surface area contributed by atoms with Gasteiger partial charge in [0.2, 0.25) is 0 Å². The zero-order valence-electron chi connectivity index (χ0n) is 14.6. The average molecular weight is 317 g/mol. The van der Waals surface area contributed by atoms with Gasteiger partial charge in [-0.1, -0.05) is 31.2 Å². The Morgan fingerprint density at radius 1 is 1.26 bits per heavy atom. The molecule has 0 spiro atoms. The standard InChI is InChI=1S/C18H27N3O2/c1-5-14-6-8-15(9-7-14)12-20-16-13-21(11-10-19-16)17(22)23-18(2,3)4/h6-9H,5,10-13H2,1-4H3,(H,19,20). The van der Waals surface area contributed by atoms with Crippen LogP contribution in [-0.2, 0) is 17.7 Å². The molecule has 0 aliphatic carbocycles. The number of amidine groups is 1. The molecule has 1 aromatic rings. The second-order valence-electron chi connectivity index (χ2n) is 6.75. The molecule has 0 atom stereocenters. The summed E-state index contributed by atoms with van der Waals surface area (Å²) in [6.45, 7) is 10.2. The van der Waals surface area contributed by atoms with Crippen LogP contribution in [0.25, 0.3) is 0 Å². The van der Waals surface area contributed by atoms with Crippen LogP contribution in [-0.4, -0.2) is 42.1 Å². The number of nitrogens with zero attached hydrogens (tertiary/aromatic N) is 2. The van der Waals surface area contributed by atoms with Crippen molar-refractivity contribution in [2.45, 2.75) is 46.3 Å². The van der Waals surface area contributed by atoms with E-state index in [4.69, 9.17) is 4.74 Å². The van der Waals surface area contributed by atoms with Crippen molar-refractivity contribution in [3.63, 3.8) is 0 Å². The Morgan fingerprint density at radius 3 is 2.52 bits per heavy atom. The summed E-state index contributed by atoms with van der Waals surface area (Å²) in [6.07, 6.45) is 0.768. The lowest BCUT2D eigenvalue weighted by atomic mass is 10.1. The van der Waals surface area contributed by atoms with E-state index in [9.17, 15) is 4.79 Å². The zero-order valence-corrected chi connectivity index (χ0v) is 14.6. The van der Waals surface area contributed by atoms with E-state index >= 15 is 0 Å². The van der Waals surface area contributed by atoms with Crippen LogP contribution in [0, 0.1) is 0 Å². The predicted molar refractivity (Wildman–Crippen MR) is 92.8 cm³/mol. The minimum Gasteiger partial charge on any atom is -0.444 e. The highest BCUT2D eigenvalue weighted by atomic mass is 16.6. The Labute approximate surface area is 138 Å². The molecule has 1 aromatic carbocycles. The first-order valence-corrected chi connectivity index (χ1v) is 8.20. The molecule has 0 fully saturated rings. The first-order valence-electron chi connectivity index (χ1n) is 8.20. The molecule has 0 unspecified atom stereocenters. The first kappa shape index (κ1) is 17.3. The SMILES string of the molecule is CCc1ccc(CNC2=NCCN(C(=O)OC(C)(C)C)C2)cc1. The fraction of sp³-hybridized carbons (Fsp3) is 0.556. The smallest absolute Gasteiger partial charge is 0.410 e. The maximum absolute atomic E-state index is 12.1. The molecule has 0 radical (unpaired) electrons. The number of aliphatic imine (C=N–C) groups is 1. The number of nitrogens with one attached hydrogen (secondary N) is 1. The summed E-state index contributed by atoms with van der Waals surface area (Å²) in [5, 5.41) is 3.32. The third-order valence-electron chi connectivity index (χ3n) is 3.59. The van der Waals surface area contributed by atoms with Crippen molar-refractivity contribution in [3.05, 3.63) is 35.4 Å². The monoisotopic (exact) mass is 317 g/mol. The molecule has 0 aromatic heterocycles. The van der Waals surface area contributed by atoms with Crippen LogP contribution in [0.4, 0.5) is 4.79 Å².